The molecule has 0 spiro atoms. The largest absolute Gasteiger partial charge is 0.415 e. The van der Waals surface area contributed by atoms with Gasteiger partial charge in [-0.1, -0.05) is 5.92 Å². The maximum Gasteiger partial charge on any atom is 0.415 e. The molecule has 4 fully saturated rings. The van der Waals surface area contributed by atoms with Gasteiger partial charge in [-0.15, -0.1) is 12.3 Å². The topological polar surface area (TPSA) is 356 Å². The van der Waals surface area contributed by atoms with Crippen molar-refractivity contribution < 1.29 is 67.3 Å². The Bertz CT molecular complexity index is 3360. The molecule has 0 radical (unpaired) electrons. The molecule has 0 saturated carbocycles. The van der Waals surface area contributed by atoms with Gasteiger partial charge in [-0.05, 0) is 106 Å². The Morgan fingerprint density at radius 1 is 0.663 bits per heavy atom. The first-order valence-corrected chi connectivity index (χ1v) is 27.6. The first kappa shape index (κ1) is 61.2. The van der Waals surface area contributed by atoms with E-state index in [0.29, 0.717) is 72.4 Å². The first-order chi connectivity index (χ1) is 39.9. The Hall–Kier alpha value is -7.91. The number of piperidine rings is 2. The van der Waals surface area contributed by atoms with Crippen molar-refractivity contribution in [1.82, 2.24) is 59.5 Å². The van der Waals surface area contributed by atoms with Gasteiger partial charge in [0.2, 0.25) is 5.82 Å². The summed E-state index contributed by atoms with van der Waals surface area (Å²) in [4.78, 5) is 76.9. The number of carbonyl (C=O) groups is 4. The second-order valence-corrected chi connectivity index (χ2v) is 20.5. The minimum absolute atomic E-state index is 0.0827. The molecule has 8 heterocycles. The minimum Gasteiger partial charge on any atom is -0.410 e. The number of rotatable bonds is 10. The number of aliphatic hydroxyl groups is 4. The van der Waals surface area contributed by atoms with E-state index in [1.165, 1.54) is 70.3 Å². The molecule has 6 aromatic rings. The molecule has 4 aliphatic rings. The molecule has 4 saturated heterocycles. The van der Waals surface area contributed by atoms with Crippen LogP contribution in [-0.2, 0) is 19.1 Å². The number of aliphatic hydroxyl groups excluding tert-OH is 4. The highest BCUT2D eigenvalue weighted by Crippen LogP contribution is 2.34. The van der Waals surface area contributed by atoms with Gasteiger partial charge in [0.05, 0.1) is 12.7 Å². The maximum atomic E-state index is 13.1. The third kappa shape index (κ3) is 14.8. The highest BCUT2D eigenvalue weighted by molar-refractivity contribution is 14.1. The number of nitrogen functional groups attached to an aromatic ring is 2. The average Bonchev–Trinajstić information content (AvgIpc) is 3.00. The van der Waals surface area contributed by atoms with E-state index < -0.39 is 72.8 Å². The van der Waals surface area contributed by atoms with Gasteiger partial charge in [-0.25, -0.2) is 48.3 Å². The van der Waals surface area contributed by atoms with Crippen LogP contribution in [0.4, 0.5) is 30.0 Å². The van der Waals surface area contributed by atoms with E-state index in [0.717, 1.165) is 32.1 Å². The maximum absolute atomic E-state index is 13.1. The number of ether oxygens (including phenoxy) is 4. The number of halogens is 3. The molecule has 26 nitrogen and oxygen atoms in total. The highest BCUT2D eigenvalue weighted by atomic mass is 127. The lowest BCUT2D eigenvalue weighted by molar-refractivity contribution is -0.138. The van der Waals surface area contributed by atoms with E-state index in [9.17, 15) is 48.4 Å². The number of nitrogens with zero attached hydrogens (tertiary/aromatic N) is 10. The number of fused-ring (bicyclic) bond motifs is 2. The fourth-order valence-electron chi connectivity index (χ4n) is 9.46. The van der Waals surface area contributed by atoms with Gasteiger partial charge in [0.25, 0.3) is 11.8 Å². The molecule has 4 aromatic heterocycles. The van der Waals surface area contributed by atoms with Crippen LogP contribution in [0.1, 0.15) is 70.7 Å². The Balaban J connectivity index is 0.000000180. The summed E-state index contributed by atoms with van der Waals surface area (Å²) in [6.45, 7) is 6.55. The first-order valence-electron chi connectivity index (χ1n) is 26.5. The van der Waals surface area contributed by atoms with E-state index in [1.54, 1.807) is 23.6 Å². The Morgan fingerprint density at radius 2 is 1.08 bits per heavy atom. The van der Waals surface area contributed by atoms with Crippen LogP contribution in [0.25, 0.3) is 22.3 Å². The fourth-order valence-corrected chi connectivity index (χ4v) is 9.94. The van der Waals surface area contributed by atoms with Gasteiger partial charge in [0.15, 0.2) is 51.4 Å². The van der Waals surface area contributed by atoms with Crippen LogP contribution < -0.4 is 31.6 Å². The van der Waals surface area contributed by atoms with E-state index in [-0.39, 0.29) is 52.2 Å². The number of nitrogens with two attached hydrogens (primary N) is 2. The van der Waals surface area contributed by atoms with E-state index >= 15 is 0 Å². The third-order valence-electron chi connectivity index (χ3n) is 13.9. The van der Waals surface area contributed by atoms with Crippen LogP contribution in [0.2, 0.25) is 0 Å². The minimum atomic E-state index is -1.45. The zero-order valence-corrected chi connectivity index (χ0v) is 47.1. The zero-order valence-electron chi connectivity index (χ0n) is 44.9. The monoisotopic (exact) mass is 1260 g/mol. The second kappa shape index (κ2) is 27.9. The third-order valence-corrected chi connectivity index (χ3v) is 14.4. The number of nitrogens with one attached hydrogen (secondary N) is 2. The fraction of sp³-hybridized carbons (Fsp3) is 0.444. The van der Waals surface area contributed by atoms with Gasteiger partial charge in [0, 0.05) is 74.7 Å². The molecule has 440 valence electrons. The molecule has 4 amide bonds. The number of carbonyl (C=O) groups excluding carboxylic acids is 4. The number of likely N-dealkylation sites (N-methyl/N-ethyl adjacent to an activating group) is 2. The number of amides is 4. The quantitative estimate of drug-likeness (QED) is 0.0555. The number of likely N-dealkylation sites (tertiary alicyclic amines) is 2. The van der Waals surface area contributed by atoms with Crippen molar-refractivity contribution in [3.63, 3.8) is 0 Å². The number of hydrogen-bond acceptors (Lipinski definition) is 20. The Labute approximate surface area is 487 Å². The molecule has 2 unspecified atom stereocenters. The van der Waals surface area contributed by atoms with Crippen LogP contribution in [0.3, 0.4) is 0 Å². The van der Waals surface area contributed by atoms with Gasteiger partial charge in [-0.2, -0.15) is 0 Å². The predicted molar refractivity (Wildman–Crippen MR) is 300 cm³/mol. The van der Waals surface area contributed by atoms with E-state index in [1.807, 2.05) is 22.6 Å². The summed E-state index contributed by atoms with van der Waals surface area (Å²) in [6, 6.07) is 10.7. The molecular weight excluding hydrogens is 1200 g/mol. The number of aromatic nitrogens is 8. The molecule has 29 heteroatoms. The van der Waals surface area contributed by atoms with Gasteiger partial charge >= 0.3 is 12.2 Å². The summed E-state index contributed by atoms with van der Waals surface area (Å²) < 4.78 is 50.7. The Morgan fingerprint density at radius 3 is 1.52 bits per heavy atom. The lowest BCUT2D eigenvalue weighted by Gasteiger charge is -2.30. The molecule has 0 aliphatic carbocycles. The molecule has 4 aliphatic heterocycles. The molecule has 2 aromatic carbocycles. The second-order valence-electron chi connectivity index (χ2n) is 19.5. The number of terminal acetylenes is 1. The summed E-state index contributed by atoms with van der Waals surface area (Å²) >= 11 is 1.91. The molecule has 8 atom stereocenters. The van der Waals surface area contributed by atoms with Gasteiger partial charge in [-0.3, -0.25) is 18.7 Å². The SMILES string of the molecule is C#CCC1CCN(C(=O)Oc2ccc(F)cc2)CC1.CCNC(=O)[C@H]1O[C@@H](n2cnc3c(N)nc(C#CCC4CCN(C(=O)Oc5ccc(F)cc5)CC4)nc32)C(O)[C@H]1O.CCNC(=O)[C@H]1O[C@@H](n2cnc3c(N)nc(I)nc32)C(O)[C@H]1O. The van der Waals surface area contributed by atoms with E-state index in [2.05, 4.69) is 58.3 Å². The molecule has 0 bridgehead atoms. The highest BCUT2D eigenvalue weighted by Gasteiger charge is 2.49. The van der Waals surface area contributed by atoms with Crippen LogP contribution in [0, 0.1) is 51.5 Å². The normalized spacial score (nSPS) is 22.5. The average molecular weight is 1260 g/mol. The van der Waals surface area contributed by atoms with Gasteiger partial charge in [0.1, 0.15) is 58.6 Å². The number of hydrogen-bond donors (Lipinski definition) is 8. The van der Waals surface area contributed by atoms with E-state index in [4.69, 9.17) is 36.8 Å². The van der Waals surface area contributed by atoms with Crippen molar-refractivity contribution in [2.24, 2.45) is 11.8 Å². The van der Waals surface area contributed by atoms with Crippen molar-refractivity contribution in [3.05, 3.63) is 82.5 Å². The van der Waals surface area contributed by atoms with Crippen molar-refractivity contribution >= 4 is 80.6 Å². The summed E-state index contributed by atoms with van der Waals surface area (Å²) in [7, 11) is 0. The van der Waals surface area contributed by atoms with Crippen molar-refractivity contribution in [3.8, 4) is 35.7 Å². The van der Waals surface area contributed by atoms with Crippen molar-refractivity contribution in [1.29, 1.82) is 0 Å². The number of benzene rings is 2. The standard InChI is InChI=1S/C27H30FN7O6.C15H16FNO2.C12H15IN6O4/c1-2-30-25(38)22-20(36)21(37)26(41-22)35-14-31-19-23(29)32-18(33-24(19)35)5-3-4-15-10-12-34(13-11-15)27(39)40-17-8-6-16(28)7-9-17;1-2-3-12-8-10-17(11-9-12)15(18)19-14-6-4-13(16)5-7-14;1-2-15-10(22)7-5(20)6(21)11(23-7)19-3-16-4-8(14)17-12(13)18-9(4)19/h6-9,14-15,20-22,26,36-37H,2,4,10-13H2,1H3,(H,30,38)(H2,29,32,33);1,4-7,12H,3,8-11H2;3,5-7,11,20-21H,2H2,1H3,(H,15,22)(H2,14,17,18)/t20-,21?,22+,26-;;5-,6?,7+,11-/m1.1/s1. The number of imidazole rings is 2. The molecule has 10 rings (SSSR count). The van der Waals surface area contributed by atoms with Crippen LogP contribution in [-0.4, -0.2) is 169 Å². The molecule has 83 heavy (non-hydrogen) atoms. The summed E-state index contributed by atoms with van der Waals surface area (Å²) in [6.07, 6.45) is 1.64. The van der Waals surface area contributed by atoms with Crippen LogP contribution in [0.15, 0.2) is 61.2 Å². The summed E-state index contributed by atoms with van der Waals surface area (Å²) in [5.41, 5.74) is 13.1. The Kier molecular flexibility index (Phi) is 20.6. The predicted octanol–water partition coefficient (Wildman–Crippen LogP) is 2.78. The zero-order chi connectivity index (χ0) is 59.5. The van der Waals surface area contributed by atoms with Crippen LogP contribution in [0.5, 0.6) is 11.5 Å². The summed E-state index contributed by atoms with van der Waals surface area (Å²) in [5, 5.41) is 46.4. The van der Waals surface area contributed by atoms with Crippen molar-refractivity contribution in [2.45, 2.75) is 101 Å². The molecular formula is C54H61F2IN14O12. The lowest BCUT2D eigenvalue weighted by atomic mass is 9.94. The van der Waals surface area contributed by atoms with Gasteiger partial charge < -0.3 is 71.3 Å². The summed E-state index contributed by atoms with van der Waals surface area (Å²) in [5.74, 6) is 8.69. The lowest BCUT2D eigenvalue weighted by Crippen LogP contribution is -2.42. The van der Waals surface area contributed by atoms with Crippen molar-refractivity contribution in [2.75, 3.05) is 50.7 Å². The smallest absolute Gasteiger partial charge is 0.410 e. The van der Waals surface area contributed by atoms with Crippen LogP contribution >= 0.6 is 22.6 Å². The molecule has 10 N–H and O–H groups in total. The number of anilines is 2.